The highest BCUT2D eigenvalue weighted by Gasteiger charge is 2.13. The number of halogens is 1. The van der Waals surface area contributed by atoms with Crippen molar-refractivity contribution >= 4 is 18.3 Å². The van der Waals surface area contributed by atoms with Crippen molar-refractivity contribution < 1.29 is 9.53 Å². The number of amides is 1. The number of rotatable bonds is 5. The SMILES string of the molecule is COc1ccc(C(=O)NCC[C@H]2CCCN2)cc1.Cl. The Hall–Kier alpha value is -1.26. The summed E-state index contributed by atoms with van der Waals surface area (Å²) in [5.41, 5.74) is 0.676. The molecule has 1 aliphatic rings. The average molecular weight is 285 g/mol. The third-order valence-electron chi connectivity index (χ3n) is 3.29. The third-order valence-corrected chi connectivity index (χ3v) is 3.29. The Bertz CT molecular complexity index is 389. The molecule has 2 rings (SSSR count). The van der Waals surface area contributed by atoms with Gasteiger partial charge in [-0.3, -0.25) is 4.79 Å². The van der Waals surface area contributed by atoms with Crippen molar-refractivity contribution in [2.75, 3.05) is 20.2 Å². The molecule has 0 unspecified atom stereocenters. The van der Waals surface area contributed by atoms with Gasteiger partial charge in [-0.25, -0.2) is 0 Å². The Labute approximate surface area is 120 Å². The zero-order chi connectivity index (χ0) is 12.8. The first-order chi connectivity index (χ1) is 8.79. The largest absolute Gasteiger partial charge is 0.497 e. The molecule has 0 spiro atoms. The monoisotopic (exact) mass is 284 g/mol. The second-order valence-corrected chi connectivity index (χ2v) is 4.57. The fourth-order valence-electron chi connectivity index (χ4n) is 2.21. The lowest BCUT2D eigenvalue weighted by Gasteiger charge is -2.10. The summed E-state index contributed by atoms with van der Waals surface area (Å²) < 4.78 is 5.06. The number of methoxy groups -OCH3 is 1. The minimum Gasteiger partial charge on any atom is -0.497 e. The summed E-state index contributed by atoms with van der Waals surface area (Å²) >= 11 is 0. The fraction of sp³-hybridized carbons (Fsp3) is 0.500. The second kappa shape index (κ2) is 8.02. The van der Waals surface area contributed by atoms with Crippen molar-refractivity contribution in [3.8, 4) is 5.75 Å². The number of benzene rings is 1. The molecule has 106 valence electrons. The fourth-order valence-corrected chi connectivity index (χ4v) is 2.21. The zero-order valence-electron chi connectivity index (χ0n) is 11.1. The zero-order valence-corrected chi connectivity index (χ0v) is 12.0. The van der Waals surface area contributed by atoms with Crippen LogP contribution in [0.3, 0.4) is 0 Å². The first-order valence-corrected chi connectivity index (χ1v) is 6.45. The Morgan fingerprint density at radius 3 is 2.74 bits per heavy atom. The van der Waals surface area contributed by atoms with Crippen LogP contribution < -0.4 is 15.4 Å². The van der Waals surface area contributed by atoms with Crippen molar-refractivity contribution in [3.63, 3.8) is 0 Å². The van der Waals surface area contributed by atoms with Gasteiger partial charge in [-0.1, -0.05) is 0 Å². The van der Waals surface area contributed by atoms with Crippen molar-refractivity contribution in [1.29, 1.82) is 0 Å². The summed E-state index contributed by atoms with van der Waals surface area (Å²) in [5, 5.41) is 6.36. The molecule has 1 atom stereocenters. The van der Waals surface area contributed by atoms with E-state index in [4.69, 9.17) is 4.74 Å². The third kappa shape index (κ3) is 4.73. The molecule has 1 amide bonds. The number of carbonyl (C=O) groups is 1. The Balaban J connectivity index is 0.00000180. The van der Waals surface area contributed by atoms with E-state index in [2.05, 4.69) is 10.6 Å². The number of hydrogen-bond donors (Lipinski definition) is 2. The average Bonchev–Trinajstić information content (AvgIpc) is 2.92. The van der Waals surface area contributed by atoms with Crippen molar-refractivity contribution in [2.45, 2.75) is 25.3 Å². The first-order valence-electron chi connectivity index (χ1n) is 6.45. The highest BCUT2D eigenvalue weighted by molar-refractivity contribution is 5.94. The van der Waals surface area contributed by atoms with Gasteiger partial charge in [-0.2, -0.15) is 0 Å². The molecular weight excluding hydrogens is 264 g/mol. The van der Waals surface area contributed by atoms with Crippen molar-refractivity contribution in [2.24, 2.45) is 0 Å². The van der Waals surface area contributed by atoms with Crippen LogP contribution in [0.15, 0.2) is 24.3 Å². The molecule has 0 radical (unpaired) electrons. The minimum atomic E-state index is -0.0179. The van der Waals surface area contributed by atoms with Gasteiger partial charge in [0.1, 0.15) is 5.75 Å². The van der Waals surface area contributed by atoms with Crippen LogP contribution in [0.1, 0.15) is 29.6 Å². The first kappa shape index (κ1) is 15.8. The molecule has 1 aromatic rings. The molecule has 19 heavy (non-hydrogen) atoms. The molecule has 1 saturated heterocycles. The van der Waals surface area contributed by atoms with E-state index in [0.29, 0.717) is 11.6 Å². The Kier molecular flexibility index (Phi) is 6.67. The van der Waals surface area contributed by atoms with Gasteiger partial charge in [0.15, 0.2) is 0 Å². The predicted molar refractivity (Wildman–Crippen MR) is 78.2 cm³/mol. The van der Waals surface area contributed by atoms with Crippen LogP contribution in [0.2, 0.25) is 0 Å². The standard InChI is InChI=1S/C14H20N2O2.ClH/c1-18-13-6-4-11(5-7-13)14(17)16-10-8-12-3-2-9-15-12;/h4-7,12,15H,2-3,8-10H2,1H3,(H,16,17);1H/t12-;/m1./s1. The van der Waals surface area contributed by atoms with Crippen LogP contribution in [0.25, 0.3) is 0 Å². The normalized spacial score (nSPS) is 17.6. The summed E-state index contributed by atoms with van der Waals surface area (Å²) in [4.78, 5) is 11.8. The molecule has 4 nitrogen and oxygen atoms in total. The minimum absolute atomic E-state index is 0. The number of hydrogen-bond acceptors (Lipinski definition) is 3. The smallest absolute Gasteiger partial charge is 0.251 e. The molecule has 0 saturated carbocycles. The van der Waals surface area contributed by atoms with Gasteiger partial charge in [0.2, 0.25) is 0 Å². The van der Waals surface area contributed by atoms with E-state index >= 15 is 0 Å². The van der Waals surface area contributed by atoms with E-state index < -0.39 is 0 Å². The van der Waals surface area contributed by atoms with Crippen LogP contribution in [0, 0.1) is 0 Å². The summed E-state index contributed by atoms with van der Waals surface area (Å²) in [6.07, 6.45) is 3.47. The Morgan fingerprint density at radius 1 is 1.42 bits per heavy atom. The van der Waals surface area contributed by atoms with Gasteiger partial charge in [0.05, 0.1) is 7.11 Å². The van der Waals surface area contributed by atoms with Gasteiger partial charge >= 0.3 is 0 Å². The molecule has 1 aromatic carbocycles. The molecule has 1 fully saturated rings. The van der Waals surface area contributed by atoms with Gasteiger partial charge in [0, 0.05) is 18.2 Å². The number of nitrogens with one attached hydrogen (secondary N) is 2. The van der Waals surface area contributed by atoms with Crippen LogP contribution in [0.5, 0.6) is 5.75 Å². The van der Waals surface area contributed by atoms with E-state index in [0.717, 1.165) is 25.3 Å². The molecule has 5 heteroatoms. The van der Waals surface area contributed by atoms with Crippen LogP contribution in [-0.2, 0) is 0 Å². The second-order valence-electron chi connectivity index (χ2n) is 4.57. The number of ether oxygens (including phenoxy) is 1. The predicted octanol–water partition coefficient (Wildman–Crippen LogP) is 1.99. The number of carbonyl (C=O) groups excluding carboxylic acids is 1. The highest BCUT2D eigenvalue weighted by Crippen LogP contribution is 2.11. The van der Waals surface area contributed by atoms with Crippen LogP contribution in [-0.4, -0.2) is 32.1 Å². The van der Waals surface area contributed by atoms with Crippen LogP contribution >= 0.6 is 12.4 Å². The van der Waals surface area contributed by atoms with Crippen LogP contribution in [0.4, 0.5) is 0 Å². The van der Waals surface area contributed by atoms with E-state index in [9.17, 15) is 4.79 Å². The van der Waals surface area contributed by atoms with Gasteiger partial charge in [-0.15, -0.1) is 12.4 Å². The van der Waals surface area contributed by atoms with E-state index in [1.165, 1.54) is 12.8 Å². The molecule has 2 N–H and O–H groups in total. The molecule has 0 aliphatic carbocycles. The molecule has 0 bridgehead atoms. The van der Waals surface area contributed by atoms with Crippen molar-refractivity contribution in [1.82, 2.24) is 10.6 Å². The van der Waals surface area contributed by atoms with E-state index in [1.807, 2.05) is 0 Å². The summed E-state index contributed by atoms with van der Waals surface area (Å²) in [6, 6.07) is 7.73. The lowest BCUT2D eigenvalue weighted by atomic mass is 10.1. The molecular formula is C14H21ClN2O2. The molecule has 1 heterocycles. The lowest BCUT2D eigenvalue weighted by molar-refractivity contribution is 0.0952. The van der Waals surface area contributed by atoms with E-state index in [1.54, 1.807) is 31.4 Å². The topological polar surface area (TPSA) is 50.4 Å². The lowest BCUT2D eigenvalue weighted by Crippen LogP contribution is -2.30. The summed E-state index contributed by atoms with van der Waals surface area (Å²) in [5.74, 6) is 0.748. The van der Waals surface area contributed by atoms with Gasteiger partial charge in [0.25, 0.3) is 5.91 Å². The van der Waals surface area contributed by atoms with Gasteiger partial charge < -0.3 is 15.4 Å². The van der Waals surface area contributed by atoms with Gasteiger partial charge in [-0.05, 0) is 50.1 Å². The quantitative estimate of drug-likeness (QED) is 0.869. The summed E-state index contributed by atoms with van der Waals surface area (Å²) in [7, 11) is 1.61. The maximum absolute atomic E-state index is 11.8. The Morgan fingerprint density at radius 2 is 2.16 bits per heavy atom. The maximum atomic E-state index is 11.8. The van der Waals surface area contributed by atoms with E-state index in [-0.39, 0.29) is 18.3 Å². The molecule has 0 aromatic heterocycles. The molecule has 1 aliphatic heterocycles. The van der Waals surface area contributed by atoms with Crippen molar-refractivity contribution in [3.05, 3.63) is 29.8 Å². The maximum Gasteiger partial charge on any atom is 0.251 e. The summed E-state index contributed by atoms with van der Waals surface area (Å²) in [6.45, 7) is 1.83. The highest BCUT2D eigenvalue weighted by atomic mass is 35.5.